The van der Waals surface area contributed by atoms with E-state index in [1.54, 1.807) is 12.1 Å². The molecule has 1 N–H and O–H groups in total. The molecule has 0 unspecified atom stereocenters. The van der Waals surface area contributed by atoms with Crippen molar-refractivity contribution >= 4 is 11.9 Å². The van der Waals surface area contributed by atoms with Gasteiger partial charge in [0.1, 0.15) is 0 Å². The Labute approximate surface area is 121 Å². The minimum absolute atomic E-state index is 0.00837. The van der Waals surface area contributed by atoms with Crippen molar-refractivity contribution in [2.75, 3.05) is 27.9 Å². The lowest BCUT2D eigenvalue weighted by Gasteiger charge is -2.17. The van der Waals surface area contributed by atoms with E-state index in [4.69, 9.17) is 18.9 Å². The van der Waals surface area contributed by atoms with E-state index < -0.39 is 23.8 Å². The number of cyclic esters (lactones) is 1. The highest BCUT2D eigenvalue weighted by Gasteiger charge is 2.43. The van der Waals surface area contributed by atoms with Gasteiger partial charge in [-0.25, -0.2) is 0 Å². The SMILES string of the molecule is COc1cc([C@@H]2COC(=O)[C@@H]2C(=O)O)cc(OC)c1OC. The largest absolute Gasteiger partial charge is 0.493 e. The molecule has 2 rings (SSSR count). The summed E-state index contributed by atoms with van der Waals surface area (Å²) in [5.74, 6) is -2.57. The van der Waals surface area contributed by atoms with Crippen molar-refractivity contribution in [3.63, 3.8) is 0 Å². The van der Waals surface area contributed by atoms with E-state index in [0.717, 1.165) is 0 Å². The Balaban J connectivity index is 2.49. The van der Waals surface area contributed by atoms with Crippen LogP contribution in [0.1, 0.15) is 11.5 Å². The first-order valence-corrected chi connectivity index (χ1v) is 6.22. The van der Waals surface area contributed by atoms with Crippen LogP contribution in [-0.2, 0) is 14.3 Å². The summed E-state index contributed by atoms with van der Waals surface area (Å²) < 4.78 is 20.5. The molecule has 0 radical (unpaired) electrons. The smallest absolute Gasteiger partial charge is 0.321 e. The van der Waals surface area contributed by atoms with Crippen molar-refractivity contribution in [3.05, 3.63) is 17.7 Å². The van der Waals surface area contributed by atoms with Crippen LogP contribution in [0.2, 0.25) is 0 Å². The first-order chi connectivity index (χ1) is 10.0. The van der Waals surface area contributed by atoms with Crippen molar-refractivity contribution in [3.8, 4) is 17.2 Å². The Bertz CT molecular complexity index is 541. The van der Waals surface area contributed by atoms with Crippen LogP contribution in [0.4, 0.5) is 0 Å². The van der Waals surface area contributed by atoms with Crippen molar-refractivity contribution in [1.82, 2.24) is 0 Å². The molecule has 2 atom stereocenters. The molecule has 0 bridgehead atoms. The van der Waals surface area contributed by atoms with Crippen LogP contribution in [0.3, 0.4) is 0 Å². The lowest BCUT2D eigenvalue weighted by Crippen LogP contribution is -2.24. The predicted molar refractivity (Wildman–Crippen MR) is 70.9 cm³/mol. The van der Waals surface area contributed by atoms with Gasteiger partial charge in [0, 0.05) is 5.92 Å². The molecule has 1 saturated heterocycles. The summed E-state index contributed by atoms with van der Waals surface area (Å²) in [6.45, 7) is 0.00837. The van der Waals surface area contributed by atoms with E-state index >= 15 is 0 Å². The summed E-state index contributed by atoms with van der Waals surface area (Å²) in [5.41, 5.74) is 0.586. The lowest BCUT2D eigenvalue weighted by atomic mass is 9.88. The molecule has 7 nitrogen and oxygen atoms in total. The number of hydrogen-bond donors (Lipinski definition) is 1. The van der Waals surface area contributed by atoms with Gasteiger partial charge in [-0.3, -0.25) is 9.59 Å². The second-order valence-electron chi connectivity index (χ2n) is 4.51. The summed E-state index contributed by atoms with van der Waals surface area (Å²) in [7, 11) is 4.40. The Morgan fingerprint density at radius 1 is 1.19 bits per heavy atom. The molecule has 0 aliphatic carbocycles. The average Bonchev–Trinajstić information content (AvgIpc) is 2.87. The third-order valence-corrected chi connectivity index (χ3v) is 3.44. The Hall–Kier alpha value is -2.44. The van der Waals surface area contributed by atoms with Crippen molar-refractivity contribution in [1.29, 1.82) is 0 Å². The number of carbonyl (C=O) groups is 2. The molecule has 1 aliphatic rings. The molecule has 1 aliphatic heterocycles. The normalized spacial score (nSPS) is 20.8. The molecule has 7 heteroatoms. The molecule has 0 saturated carbocycles. The number of carboxylic acid groups (broad SMARTS) is 1. The third kappa shape index (κ3) is 2.58. The van der Waals surface area contributed by atoms with Gasteiger partial charge in [-0.05, 0) is 17.7 Å². The Kier molecular flexibility index (Phi) is 4.21. The molecule has 1 fully saturated rings. The monoisotopic (exact) mass is 296 g/mol. The maximum atomic E-state index is 11.5. The molecular weight excluding hydrogens is 280 g/mol. The van der Waals surface area contributed by atoms with E-state index in [9.17, 15) is 14.7 Å². The molecule has 0 aromatic heterocycles. The number of esters is 1. The molecule has 1 heterocycles. The number of methoxy groups -OCH3 is 3. The molecule has 1 aromatic rings. The second kappa shape index (κ2) is 5.90. The highest BCUT2D eigenvalue weighted by Crippen LogP contribution is 2.42. The minimum Gasteiger partial charge on any atom is -0.493 e. The van der Waals surface area contributed by atoms with Gasteiger partial charge in [0.15, 0.2) is 17.4 Å². The quantitative estimate of drug-likeness (QED) is 0.641. The Morgan fingerprint density at radius 3 is 2.19 bits per heavy atom. The summed E-state index contributed by atoms with van der Waals surface area (Å²) in [4.78, 5) is 22.8. The van der Waals surface area contributed by atoms with Crippen LogP contribution in [0.5, 0.6) is 17.2 Å². The van der Waals surface area contributed by atoms with E-state index in [2.05, 4.69) is 0 Å². The molecular formula is C14H16O7. The predicted octanol–water partition coefficient (Wildman–Crippen LogP) is 1.05. The van der Waals surface area contributed by atoms with Crippen LogP contribution in [0.25, 0.3) is 0 Å². The summed E-state index contributed by atoms with van der Waals surface area (Å²) in [5, 5.41) is 9.18. The van der Waals surface area contributed by atoms with Crippen LogP contribution in [0.15, 0.2) is 12.1 Å². The maximum Gasteiger partial charge on any atom is 0.321 e. The molecule has 114 valence electrons. The first kappa shape index (κ1) is 15.0. The third-order valence-electron chi connectivity index (χ3n) is 3.44. The van der Waals surface area contributed by atoms with E-state index in [1.807, 2.05) is 0 Å². The number of aliphatic carboxylic acids is 1. The molecule has 0 spiro atoms. The first-order valence-electron chi connectivity index (χ1n) is 6.22. The van der Waals surface area contributed by atoms with Crippen molar-refractivity contribution in [2.45, 2.75) is 5.92 Å². The fourth-order valence-electron chi connectivity index (χ4n) is 2.40. The summed E-state index contributed by atoms with van der Waals surface area (Å²) in [6, 6.07) is 3.26. The lowest BCUT2D eigenvalue weighted by molar-refractivity contribution is -0.152. The number of benzene rings is 1. The highest BCUT2D eigenvalue weighted by molar-refractivity contribution is 5.96. The fraction of sp³-hybridized carbons (Fsp3) is 0.429. The van der Waals surface area contributed by atoms with Crippen LogP contribution < -0.4 is 14.2 Å². The number of hydrogen-bond acceptors (Lipinski definition) is 6. The van der Waals surface area contributed by atoms with E-state index in [-0.39, 0.29) is 6.61 Å². The van der Waals surface area contributed by atoms with Gasteiger partial charge >= 0.3 is 11.9 Å². The number of ether oxygens (including phenoxy) is 4. The summed E-state index contributed by atoms with van der Waals surface area (Å²) >= 11 is 0. The maximum absolute atomic E-state index is 11.5. The Morgan fingerprint density at radius 2 is 1.76 bits per heavy atom. The van der Waals surface area contributed by atoms with Gasteiger partial charge in [0.05, 0.1) is 27.9 Å². The van der Waals surface area contributed by atoms with Crippen LogP contribution >= 0.6 is 0 Å². The van der Waals surface area contributed by atoms with Gasteiger partial charge in [-0.2, -0.15) is 0 Å². The second-order valence-corrected chi connectivity index (χ2v) is 4.51. The number of rotatable bonds is 5. The van der Waals surface area contributed by atoms with Crippen molar-refractivity contribution in [2.24, 2.45) is 5.92 Å². The van der Waals surface area contributed by atoms with Crippen LogP contribution in [-0.4, -0.2) is 45.0 Å². The molecule has 0 amide bonds. The number of carbonyl (C=O) groups excluding carboxylic acids is 1. The average molecular weight is 296 g/mol. The highest BCUT2D eigenvalue weighted by atomic mass is 16.5. The van der Waals surface area contributed by atoms with Gasteiger partial charge in [0.25, 0.3) is 0 Å². The van der Waals surface area contributed by atoms with E-state index in [0.29, 0.717) is 22.8 Å². The number of carboxylic acids is 1. The van der Waals surface area contributed by atoms with Gasteiger partial charge in [-0.15, -0.1) is 0 Å². The van der Waals surface area contributed by atoms with Gasteiger partial charge in [-0.1, -0.05) is 0 Å². The summed E-state index contributed by atoms with van der Waals surface area (Å²) in [6.07, 6.45) is 0. The molecule has 1 aromatic carbocycles. The molecule has 21 heavy (non-hydrogen) atoms. The van der Waals surface area contributed by atoms with Crippen molar-refractivity contribution < 1.29 is 33.6 Å². The van der Waals surface area contributed by atoms with E-state index in [1.165, 1.54) is 21.3 Å². The zero-order valence-corrected chi connectivity index (χ0v) is 11.9. The van der Waals surface area contributed by atoms with Gasteiger partial charge < -0.3 is 24.1 Å². The topological polar surface area (TPSA) is 91.3 Å². The van der Waals surface area contributed by atoms with Crippen LogP contribution in [0, 0.1) is 5.92 Å². The zero-order valence-electron chi connectivity index (χ0n) is 11.9. The minimum atomic E-state index is -1.23. The van der Waals surface area contributed by atoms with Gasteiger partial charge in [0.2, 0.25) is 5.75 Å². The fourth-order valence-corrected chi connectivity index (χ4v) is 2.40. The standard InChI is InChI=1S/C14H16O7/c1-18-9-4-7(5-10(19-2)12(9)20-3)8-6-21-14(17)11(8)13(15)16/h4-5,8,11H,6H2,1-3H3,(H,15,16)/t8-,11-/m0/s1. The zero-order chi connectivity index (χ0) is 15.6.